The fourth-order valence-corrected chi connectivity index (χ4v) is 7.49. The zero-order valence-corrected chi connectivity index (χ0v) is 21.2. The maximum absolute atomic E-state index is 6.90. The number of benzene rings is 2. The number of hydrogen-bond donors (Lipinski definition) is 0. The van der Waals surface area contributed by atoms with E-state index in [2.05, 4.69) is 81.4 Å². The fraction of sp³-hybridized carbons (Fsp3) is 0.571. The van der Waals surface area contributed by atoms with Gasteiger partial charge in [-0.15, -0.1) is 0 Å². The molecule has 0 aliphatic carbocycles. The molecule has 0 amide bonds. The first-order chi connectivity index (χ1) is 15.2. The molecule has 2 rings (SSSR count). The van der Waals surface area contributed by atoms with Crippen molar-refractivity contribution in [2.45, 2.75) is 97.5 Å². The molecular formula is C28H44O2Si. The number of hydrogen-bond acceptors (Lipinski definition) is 2. The van der Waals surface area contributed by atoms with Crippen molar-refractivity contribution in [3.05, 3.63) is 60.7 Å². The fourth-order valence-electron chi connectivity index (χ4n) is 4.10. The first-order valence-corrected chi connectivity index (χ1v) is 14.5. The topological polar surface area (TPSA) is 18.5 Å². The minimum atomic E-state index is -2.75. The summed E-state index contributed by atoms with van der Waals surface area (Å²) in [6.07, 6.45) is 14.1. The highest BCUT2D eigenvalue weighted by molar-refractivity contribution is 6.92. The first kappa shape index (κ1) is 25.8. The maximum atomic E-state index is 6.90. The normalized spacial score (nSPS) is 12.7. The van der Waals surface area contributed by atoms with E-state index in [1.807, 2.05) is 0 Å². The highest BCUT2D eigenvalue weighted by Gasteiger charge is 2.43. The van der Waals surface area contributed by atoms with E-state index >= 15 is 0 Å². The Bertz CT molecular complexity index is 634. The number of unbranched alkanes of at least 4 members (excludes halogenated alkanes) is 8. The second-order valence-electron chi connectivity index (χ2n) is 8.74. The van der Waals surface area contributed by atoms with Gasteiger partial charge >= 0.3 is 8.56 Å². The maximum Gasteiger partial charge on any atom is 0.407 e. The number of rotatable bonds is 17. The average molecular weight is 441 g/mol. The van der Waals surface area contributed by atoms with Gasteiger partial charge in [-0.3, -0.25) is 0 Å². The molecule has 1 unspecified atom stereocenters. The molecule has 0 saturated heterocycles. The van der Waals surface area contributed by atoms with Crippen molar-refractivity contribution in [2.75, 3.05) is 6.61 Å². The van der Waals surface area contributed by atoms with Crippen molar-refractivity contribution in [2.24, 2.45) is 0 Å². The molecule has 31 heavy (non-hydrogen) atoms. The summed E-state index contributed by atoms with van der Waals surface area (Å²) in [6.45, 7) is 7.50. The molecule has 0 saturated carbocycles. The van der Waals surface area contributed by atoms with E-state index in [0.29, 0.717) is 0 Å². The Morgan fingerprint density at radius 3 is 1.65 bits per heavy atom. The standard InChI is InChI=1S/C28H44O2Si/c1-4-6-8-9-10-11-12-19-25-29-31(27-21-15-13-16-22-27,28-23-17-14-18-24-28)30-26(3)20-7-5-2/h13-18,21-24,26H,4-12,19-20,25H2,1-3H3. The van der Waals surface area contributed by atoms with Crippen LogP contribution in [0.25, 0.3) is 0 Å². The van der Waals surface area contributed by atoms with Crippen LogP contribution >= 0.6 is 0 Å². The van der Waals surface area contributed by atoms with Crippen LogP contribution in [0.4, 0.5) is 0 Å². The van der Waals surface area contributed by atoms with Crippen LogP contribution < -0.4 is 10.4 Å². The van der Waals surface area contributed by atoms with E-state index in [0.717, 1.165) is 19.4 Å². The van der Waals surface area contributed by atoms with Crippen LogP contribution in [0, 0.1) is 0 Å². The zero-order valence-electron chi connectivity index (χ0n) is 20.2. The molecule has 2 aromatic rings. The lowest BCUT2D eigenvalue weighted by Crippen LogP contribution is -2.64. The quantitative estimate of drug-likeness (QED) is 0.195. The molecule has 0 aliphatic rings. The molecule has 0 radical (unpaired) electrons. The van der Waals surface area contributed by atoms with Crippen LogP contribution in [0.3, 0.4) is 0 Å². The molecule has 0 aromatic heterocycles. The predicted octanol–water partition coefficient (Wildman–Crippen LogP) is 7.00. The molecule has 0 bridgehead atoms. The third-order valence-corrected chi connectivity index (χ3v) is 9.47. The van der Waals surface area contributed by atoms with E-state index < -0.39 is 8.56 Å². The zero-order chi connectivity index (χ0) is 22.2. The summed E-state index contributed by atoms with van der Waals surface area (Å²) in [5.41, 5.74) is 0. The van der Waals surface area contributed by atoms with E-state index in [4.69, 9.17) is 8.85 Å². The molecule has 0 aliphatic heterocycles. The summed E-state index contributed by atoms with van der Waals surface area (Å²) >= 11 is 0. The van der Waals surface area contributed by atoms with Crippen LogP contribution in [0.5, 0.6) is 0 Å². The van der Waals surface area contributed by atoms with Crippen molar-refractivity contribution in [3.8, 4) is 0 Å². The summed E-state index contributed by atoms with van der Waals surface area (Å²) in [4.78, 5) is 0. The lowest BCUT2D eigenvalue weighted by Gasteiger charge is -2.34. The van der Waals surface area contributed by atoms with Gasteiger partial charge in [0.05, 0.1) is 0 Å². The van der Waals surface area contributed by atoms with Crippen LogP contribution in [-0.2, 0) is 8.85 Å². The van der Waals surface area contributed by atoms with Gasteiger partial charge in [0, 0.05) is 12.7 Å². The summed E-state index contributed by atoms with van der Waals surface area (Å²) in [5, 5.41) is 2.42. The minimum absolute atomic E-state index is 0.186. The van der Waals surface area contributed by atoms with Crippen LogP contribution in [-0.4, -0.2) is 21.3 Å². The van der Waals surface area contributed by atoms with Gasteiger partial charge in [0.1, 0.15) is 0 Å². The Labute approximate surface area is 192 Å². The van der Waals surface area contributed by atoms with Crippen LogP contribution in [0.2, 0.25) is 0 Å². The predicted molar refractivity (Wildman–Crippen MR) is 137 cm³/mol. The van der Waals surface area contributed by atoms with Gasteiger partial charge in [0.25, 0.3) is 0 Å². The molecule has 0 spiro atoms. The van der Waals surface area contributed by atoms with Crippen molar-refractivity contribution >= 4 is 18.9 Å². The molecule has 0 fully saturated rings. The summed E-state index contributed by atoms with van der Waals surface area (Å²) in [7, 11) is -2.75. The Balaban J connectivity index is 2.09. The van der Waals surface area contributed by atoms with Crippen molar-refractivity contribution < 1.29 is 8.85 Å². The van der Waals surface area contributed by atoms with Crippen LogP contribution in [0.1, 0.15) is 91.4 Å². The van der Waals surface area contributed by atoms with Gasteiger partial charge in [0.15, 0.2) is 0 Å². The lowest BCUT2D eigenvalue weighted by atomic mass is 10.1. The van der Waals surface area contributed by atoms with E-state index in [9.17, 15) is 0 Å². The minimum Gasteiger partial charge on any atom is -0.388 e. The third-order valence-electron chi connectivity index (χ3n) is 5.94. The SMILES string of the molecule is CCCCCCCCCCO[Si](OC(C)CCCC)(c1ccccc1)c1ccccc1. The van der Waals surface area contributed by atoms with Gasteiger partial charge in [0.2, 0.25) is 0 Å². The smallest absolute Gasteiger partial charge is 0.388 e. The molecule has 172 valence electrons. The van der Waals surface area contributed by atoms with E-state index in [1.54, 1.807) is 0 Å². The van der Waals surface area contributed by atoms with Crippen molar-refractivity contribution in [1.29, 1.82) is 0 Å². The molecule has 1 atom stereocenters. The second-order valence-corrected chi connectivity index (χ2v) is 11.7. The summed E-state index contributed by atoms with van der Waals surface area (Å²) < 4.78 is 13.7. The largest absolute Gasteiger partial charge is 0.407 e. The third kappa shape index (κ3) is 8.92. The molecule has 3 heteroatoms. The first-order valence-electron chi connectivity index (χ1n) is 12.7. The Morgan fingerprint density at radius 2 is 1.13 bits per heavy atom. The highest BCUT2D eigenvalue weighted by atomic mass is 28.4. The Kier molecular flexibility index (Phi) is 12.8. The van der Waals surface area contributed by atoms with E-state index in [1.165, 1.54) is 68.2 Å². The molecule has 0 N–H and O–H groups in total. The molecule has 2 aromatic carbocycles. The van der Waals surface area contributed by atoms with Gasteiger partial charge in [-0.05, 0) is 30.1 Å². The highest BCUT2D eigenvalue weighted by Crippen LogP contribution is 2.17. The van der Waals surface area contributed by atoms with E-state index in [-0.39, 0.29) is 6.10 Å². The second kappa shape index (κ2) is 15.4. The Hall–Kier alpha value is -1.42. The summed E-state index contributed by atoms with van der Waals surface area (Å²) in [5.74, 6) is 0. The van der Waals surface area contributed by atoms with Gasteiger partial charge < -0.3 is 8.85 Å². The molecular weight excluding hydrogens is 396 g/mol. The summed E-state index contributed by atoms with van der Waals surface area (Å²) in [6, 6.07) is 21.4. The lowest BCUT2D eigenvalue weighted by molar-refractivity contribution is 0.132. The average Bonchev–Trinajstić information content (AvgIpc) is 2.82. The van der Waals surface area contributed by atoms with Crippen molar-refractivity contribution in [3.63, 3.8) is 0 Å². The molecule has 2 nitrogen and oxygen atoms in total. The van der Waals surface area contributed by atoms with Gasteiger partial charge in [-0.1, -0.05) is 132 Å². The van der Waals surface area contributed by atoms with Gasteiger partial charge in [-0.25, -0.2) is 0 Å². The molecule has 0 heterocycles. The van der Waals surface area contributed by atoms with Crippen LogP contribution in [0.15, 0.2) is 60.7 Å². The monoisotopic (exact) mass is 440 g/mol. The van der Waals surface area contributed by atoms with Crippen molar-refractivity contribution in [1.82, 2.24) is 0 Å². The van der Waals surface area contributed by atoms with Gasteiger partial charge in [-0.2, -0.15) is 0 Å². The Morgan fingerprint density at radius 1 is 0.645 bits per heavy atom.